The molecule has 1 saturated heterocycles. The molecule has 106 valence electrons. The molecular weight excluding hydrogens is 238 g/mol. The number of rotatable bonds is 9. The minimum Gasteiger partial charge on any atom is -0.396 e. The van der Waals surface area contributed by atoms with Crippen molar-refractivity contribution in [2.45, 2.75) is 31.9 Å². The highest BCUT2D eigenvalue weighted by Crippen LogP contribution is 2.32. The number of carbonyl (C=O) groups is 1. The molecule has 1 rings (SSSR count). The summed E-state index contributed by atoms with van der Waals surface area (Å²) in [6.45, 7) is 4.89. The van der Waals surface area contributed by atoms with Gasteiger partial charge in [0, 0.05) is 19.8 Å². The number of ether oxygens (including phenoxy) is 3. The summed E-state index contributed by atoms with van der Waals surface area (Å²) >= 11 is 0. The van der Waals surface area contributed by atoms with Crippen molar-refractivity contribution < 1.29 is 24.1 Å². The average molecular weight is 261 g/mol. The van der Waals surface area contributed by atoms with Crippen LogP contribution in [-0.4, -0.2) is 56.4 Å². The summed E-state index contributed by atoms with van der Waals surface area (Å²) in [6, 6.07) is -0.0172. The Kier molecular flexibility index (Phi) is 6.01. The number of amides is 1. The Bertz CT molecular complexity index is 269. The summed E-state index contributed by atoms with van der Waals surface area (Å²) in [5.74, 6) is -0.272. The molecule has 0 saturated carbocycles. The fourth-order valence-electron chi connectivity index (χ4n) is 2.10. The number of nitrogens with one attached hydrogen (secondary N) is 1. The molecule has 0 aromatic rings. The van der Waals surface area contributed by atoms with Crippen LogP contribution in [0.15, 0.2) is 0 Å². The highest BCUT2D eigenvalue weighted by atomic mass is 16.7. The molecule has 0 aliphatic carbocycles. The van der Waals surface area contributed by atoms with E-state index < -0.39 is 5.60 Å². The van der Waals surface area contributed by atoms with Gasteiger partial charge in [0.05, 0.1) is 24.7 Å². The van der Waals surface area contributed by atoms with Crippen LogP contribution in [0.4, 0.5) is 0 Å². The van der Waals surface area contributed by atoms with Gasteiger partial charge in [-0.05, 0) is 20.3 Å². The van der Waals surface area contributed by atoms with Crippen molar-refractivity contribution >= 4 is 5.91 Å². The molecule has 1 amide bonds. The number of carbonyl (C=O) groups excluding carboxylic acids is 1. The Morgan fingerprint density at radius 2 is 2.11 bits per heavy atom. The van der Waals surface area contributed by atoms with Crippen LogP contribution < -0.4 is 5.32 Å². The number of methoxy groups -OCH3 is 1. The first-order valence-corrected chi connectivity index (χ1v) is 6.15. The fourth-order valence-corrected chi connectivity index (χ4v) is 2.10. The summed E-state index contributed by atoms with van der Waals surface area (Å²) < 4.78 is 15.7. The van der Waals surface area contributed by atoms with Gasteiger partial charge in [0.25, 0.3) is 0 Å². The highest BCUT2D eigenvalue weighted by Gasteiger charge is 2.49. The van der Waals surface area contributed by atoms with Crippen molar-refractivity contribution in [1.29, 1.82) is 0 Å². The Hall–Kier alpha value is -0.690. The van der Waals surface area contributed by atoms with E-state index in [1.807, 2.05) is 13.8 Å². The predicted octanol–water partition coefficient (Wildman–Crippen LogP) is -0.101. The SMILES string of the molecule is COCCOCOC(C)(C)[C@@H]1C(=O)N[C@@H]1CCO. The van der Waals surface area contributed by atoms with Crippen molar-refractivity contribution in [1.82, 2.24) is 5.32 Å². The van der Waals surface area contributed by atoms with Crippen LogP contribution in [0.1, 0.15) is 20.3 Å². The van der Waals surface area contributed by atoms with E-state index in [1.165, 1.54) is 0 Å². The van der Waals surface area contributed by atoms with E-state index >= 15 is 0 Å². The Balaban J connectivity index is 2.34. The fraction of sp³-hybridized carbons (Fsp3) is 0.917. The topological polar surface area (TPSA) is 77.0 Å². The molecule has 0 spiro atoms. The standard InChI is InChI=1S/C12H23NO5/c1-12(2,18-8-17-7-6-16-3)10-9(4-5-14)13-11(10)15/h9-10,14H,4-8H2,1-3H3,(H,13,15)/t9-,10+/m1/s1. The smallest absolute Gasteiger partial charge is 0.228 e. The third-order valence-corrected chi connectivity index (χ3v) is 3.15. The quantitative estimate of drug-likeness (QED) is 0.344. The van der Waals surface area contributed by atoms with Crippen molar-refractivity contribution in [2.24, 2.45) is 5.92 Å². The van der Waals surface area contributed by atoms with E-state index in [9.17, 15) is 4.79 Å². The normalized spacial score (nSPS) is 23.7. The lowest BCUT2D eigenvalue weighted by Gasteiger charge is -2.45. The Morgan fingerprint density at radius 1 is 1.39 bits per heavy atom. The van der Waals surface area contributed by atoms with E-state index in [2.05, 4.69) is 5.32 Å². The molecule has 1 aliphatic heterocycles. The predicted molar refractivity (Wildman–Crippen MR) is 65.0 cm³/mol. The summed E-state index contributed by atoms with van der Waals surface area (Å²) in [5, 5.41) is 11.7. The number of β-lactam (4-membered cyclic amide) rings is 1. The summed E-state index contributed by atoms with van der Waals surface area (Å²) in [7, 11) is 1.60. The van der Waals surface area contributed by atoms with Gasteiger partial charge in [0.1, 0.15) is 6.79 Å². The molecule has 2 atom stereocenters. The maximum absolute atomic E-state index is 11.6. The van der Waals surface area contributed by atoms with Gasteiger partial charge in [0.15, 0.2) is 0 Å². The molecule has 0 bridgehead atoms. The van der Waals surface area contributed by atoms with Crippen molar-refractivity contribution in [3.63, 3.8) is 0 Å². The van der Waals surface area contributed by atoms with Crippen LogP contribution in [0.2, 0.25) is 0 Å². The van der Waals surface area contributed by atoms with Crippen LogP contribution in [-0.2, 0) is 19.0 Å². The van der Waals surface area contributed by atoms with Crippen LogP contribution in [0, 0.1) is 5.92 Å². The van der Waals surface area contributed by atoms with Crippen LogP contribution in [0.3, 0.4) is 0 Å². The first-order valence-electron chi connectivity index (χ1n) is 6.15. The summed E-state index contributed by atoms with van der Waals surface area (Å²) in [4.78, 5) is 11.6. The van der Waals surface area contributed by atoms with Gasteiger partial charge in [-0.3, -0.25) is 4.79 Å². The number of aliphatic hydroxyl groups excluding tert-OH is 1. The Morgan fingerprint density at radius 3 is 2.67 bits per heavy atom. The molecule has 6 nitrogen and oxygen atoms in total. The molecule has 0 aromatic carbocycles. The zero-order chi connectivity index (χ0) is 13.6. The molecule has 1 heterocycles. The minimum absolute atomic E-state index is 0.0172. The van der Waals surface area contributed by atoms with E-state index in [1.54, 1.807) is 7.11 Å². The van der Waals surface area contributed by atoms with E-state index in [4.69, 9.17) is 19.3 Å². The van der Waals surface area contributed by atoms with Gasteiger partial charge in [-0.1, -0.05) is 0 Å². The van der Waals surface area contributed by atoms with Crippen LogP contribution in [0.25, 0.3) is 0 Å². The minimum atomic E-state index is -0.602. The lowest BCUT2D eigenvalue weighted by atomic mass is 9.76. The van der Waals surface area contributed by atoms with Crippen molar-refractivity contribution in [2.75, 3.05) is 33.7 Å². The first-order chi connectivity index (χ1) is 8.53. The van der Waals surface area contributed by atoms with Crippen LogP contribution >= 0.6 is 0 Å². The molecule has 1 fully saturated rings. The molecule has 0 radical (unpaired) electrons. The lowest BCUT2D eigenvalue weighted by molar-refractivity contribution is -0.180. The first kappa shape index (κ1) is 15.4. The lowest BCUT2D eigenvalue weighted by Crippen LogP contribution is -2.66. The van der Waals surface area contributed by atoms with Gasteiger partial charge in [0.2, 0.25) is 5.91 Å². The van der Waals surface area contributed by atoms with Crippen molar-refractivity contribution in [3.05, 3.63) is 0 Å². The van der Waals surface area contributed by atoms with Gasteiger partial charge in [-0.2, -0.15) is 0 Å². The average Bonchev–Trinajstić information content (AvgIpc) is 2.27. The monoisotopic (exact) mass is 261 g/mol. The second-order valence-electron chi connectivity index (χ2n) is 4.87. The zero-order valence-corrected chi connectivity index (χ0v) is 11.3. The number of aliphatic hydroxyl groups is 1. The van der Waals surface area contributed by atoms with Gasteiger partial charge < -0.3 is 24.6 Å². The van der Waals surface area contributed by atoms with E-state index in [0.717, 1.165) is 0 Å². The molecular formula is C12H23NO5. The number of hydrogen-bond donors (Lipinski definition) is 2. The van der Waals surface area contributed by atoms with Crippen LogP contribution in [0.5, 0.6) is 0 Å². The molecule has 2 N–H and O–H groups in total. The largest absolute Gasteiger partial charge is 0.396 e. The molecule has 1 aliphatic rings. The number of hydrogen-bond acceptors (Lipinski definition) is 5. The highest BCUT2D eigenvalue weighted by molar-refractivity contribution is 5.87. The Labute approximate surface area is 108 Å². The molecule has 0 aromatic heterocycles. The van der Waals surface area contributed by atoms with Gasteiger partial charge in [-0.15, -0.1) is 0 Å². The van der Waals surface area contributed by atoms with Crippen molar-refractivity contribution in [3.8, 4) is 0 Å². The third kappa shape index (κ3) is 3.91. The van der Waals surface area contributed by atoms with E-state index in [0.29, 0.717) is 19.6 Å². The third-order valence-electron chi connectivity index (χ3n) is 3.15. The maximum atomic E-state index is 11.6. The second kappa shape index (κ2) is 7.04. The summed E-state index contributed by atoms with van der Waals surface area (Å²) in [5.41, 5.74) is -0.602. The van der Waals surface area contributed by atoms with Gasteiger partial charge >= 0.3 is 0 Å². The maximum Gasteiger partial charge on any atom is 0.228 e. The summed E-state index contributed by atoms with van der Waals surface area (Å²) in [6.07, 6.45) is 0.549. The molecule has 0 unspecified atom stereocenters. The molecule has 18 heavy (non-hydrogen) atoms. The zero-order valence-electron chi connectivity index (χ0n) is 11.3. The molecule has 6 heteroatoms. The van der Waals surface area contributed by atoms with Gasteiger partial charge in [-0.25, -0.2) is 0 Å². The second-order valence-corrected chi connectivity index (χ2v) is 4.87. The van der Waals surface area contributed by atoms with E-state index in [-0.39, 0.29) is 31.3 Å².